The number of fused-ring (bicyclic) bond motifs is 1. The quantitative estimate of drug-likeness (QED) is 0.559. The van der Waals surface area contributed by atoms with Crippen LogP contribution in [0.5, 0.6) is 0 Å². The Hall–Kier alpha value is -3.39. The van der Waals surface area contributed by atoms with Gasteiger partial charge in [-0.15, -0.1) is 0 Å². The lowest BCUT2D eigenvalue weighted by Gasteiger charge is -2.31. The minimum Gasteiger partial charge on any atom is -0.355 e. The molecule has 0 radical (unpaired) electrons. The fourth-order valence-electron chi connectivity index (χ4n) is 3.77. The van der Waals surface area contributed by atoms with Gasteiger partial charge in [-0.25, -0.2) is 9.37 Å². The van der Waals surface area contributed by atoms with E-state index in [1.54, 1.807) is 12.4 Å². The van der Waals surface area contributed by atoms with Crippen molar-refractivity contribution in [3.05, 3.63) is 54.7 Å². The Morgan fingerprint density at radius 3 is 2.93 bits per heavy atom. The minimum absolute atomic E-state index is 0.175. The maximum atomic E-state index is 13.6. The van der Waals surface area contributed by atoms with Crippen molar-refractivity contribution in [2.45, 2.75) is 18.9 Å². The van der Waals surface area contributed by atoms with Crippen molar-refractivity contribution in [2.75, 3.05) is 18.0 Å². The summed E-state index contributed by atoms with van der Waals surface area (Å²) in [6.45, 7) is 1.75. The highest BCUT2D eigenvalue weighted by molar-refractivity contribution is 5.93. The number of nitrogens with one attached hydrogen (secondary N) is 1. The molecule has 1 aliphatic heterocycles. The maximum Gasteiger partial charge on any atom is 0.142 e. The summed E-state index contributed by atoms with van der Waals surface area (Å²) in [7, 11) is 0. The van der Waals surface area contributed by atoms with Crippen LogP contribution in [0.3, 0.4) is 0 Å². The molecule has 0 saturated carbocycles. The van der Waals surface area contributed by atoms with Crippen LogP contribution in [-0.4, -0.2) is 44.3 Å². The number of piperidine rings is 1. The summed E-state index contributed by atoms with van der Waals surface area (Å²) >= 11 is 0. The Bertz CT molecular complexity index is 1170. The van der Waals surface area contributed by atoms with E-state index in [9.17, 15) is 4.39 Å². The van der Waals surface area contributed by atoms with Gasteiger partial charge in [0.2, 0.25) is 0 Å². The second-order valence-electron chi connectivity index (χ2n) is 7.31. The highest BCUT2D eigenvalue weighted by Gasteiger charge is 2.19. The summed E-state index contributed by atoms with van der Waals surface area (Å²) in [6.07, 6.45) is 6.57. The zero-order chi connectivity index (χ0) is 19.8. The minimum atomic E-state index is -0.397. The molecule has 1 unspecified atom stereocenters. The first-order chi connectivity index (χ1) is 14.2. The lowest BCUT2D eigenvalue weighted by Crippen LogP contribution is -2.43. The fourth-order valence-corrected chi connectivity index (χ4v) is 3.77. The van der Waals surface area contributed by atoms with E-state index in [4.69, 9.17) is 10.7 Å². The number of nitrogens with two attached hydrogens (primary N) is 1. The largest absolute Gasteiger partial charge is 0.355 e. The van der Waals surface area contributed by atoms with Crippen LogP contribution in [0.2, 0.25) is 0 Å². The molecule has 0 aliphatic carbocycles. The van der Waals surface area contributed by atoms with Gasteiger partial charge >= 0.3 is 0 Å². The van der Waals surface area contributed by atoms with E-state index in [1.165, 1.54) is 12.3 Å². The fraction of sp³-hybridized carbons (Fsp3) is 0.238. The number of aromatic amines is 1. The van der Waals surface area contributed by atoms with E-state index in [-0.39, 0.29) is 6.04 Å². The highest BCUT2D eigenvalue weighted by atomic mass is 19.1. The summed E-state index contributed by atoms with van der Waals surface area (Å²) < 4.78 is 13.6. The lowest BCUT2D eigenvalue weighted by molar-refractivity contribution is 0.503. The molecule has 5 heterocycles. The van der Waals surface area contributed by atoms with Gasteiger partial charge in [-0.2, -0.15) is 5.10 Å². The Labute approximate surface area is 166 Å². The number of hydrogen-bond donors (Lipinski definition) is 2. The van der Waals surface area contributed by atoms with E-state index >= 15 is 0 Å². The van der Waals surface area contributed by atoms with E-state index in [0.29, 0.717) is 11.3 Å². The molecule has 0 bridgehead atoms. The third kappa shape index (κ3) is 3.42. The number of hydrogen-bond acceptors (Lipinski definition) is 6. The van der Waals surface area contributed by atoms with Crippen molar-refractivity contribution in [3.63, 3.8) is 0 Å². The molecule has 3 N–H and O–H groups in total. The van der Waals surface area contributed by atoms with E-state index in [1.807, 2.05) is 24.3 Å². The standard InChI is InChI=1S/C21H20FN7/c22-14-7-13(9-24-10-14)18-8-16-19(11-25-18)27-28-21(16)17-4-1-5-20(26-17)29-6-2-3-15(23)12-29/h1,4-5,7-11,15H,2-3,6,12,23H2,(H,27,28). The van der Waals surface area contributed by atoms with E-state index in [0.717, 1.165) is 54.0 Å². The first-order valence-corrected chi connectivity index (χ1v) is 9.60. The van der Waals surface area contributed by atoms with Gasteiger partial charge in [0.15, 0.2) is 0 Å². The molecule has 5 rings (SSSR count). The molecule has 0 amide bonds. The monoisotopic (exact) mass is 389 g/mol. The van der Waals surface area contributed by atoms with E-state index < -0.39 is 5.82 Å². The van der Waals surface area contributed by atoms with Crippen LogP contribution < -0.4 is 10.6 Å². The zero-order valence-corrected chi connectivity index (χ0v) is 15.7. The molecule has 4 aromatic heterocycles. The molecule has 1 atom stereocenters. The van der Waals surface area contributed by atoms with E-state index in [2.05, 4.69) is 25.1 Å². The summed E-state index contributed by atoms with van der Waals surface area (Å²) in [6, 6.07) is 9.40. The van der Waals surface area contributed by atoms with Gasteiger partial charge in [0, 0.05) is 36.3 Å². The van der Waals surface area contributed by atoms with Crippen LogP contribution in [0.4, 0.5) is 10.2 Å². The molecule has 1 saturated heterocycles. The molecule has 4 aromatic rings. The number of H-pyrrole nitrogens is 1. The molecule has 8 heteroatoms. The van der Waals surface area contributed by atoms with Gasteiger partial charge in [0.05, 0.1) is 29.3 Å². The number of pyridine rings is 3. The SMILES string of the molecule is NC1CCCN(c2cccc(-c3n[nH]c4cnc(-c5cncc(F)c5)cc34)n2)C1. The number of aromatic nitrogens is 5. The van der Waals surface area contributed by atoms with Gasteiger partial charge in [0.25, 0.3) is 0 Å². The predicted octanol–water partition coefficient (Wildman–Crippen LogP) is 3.15. The molecule has 1 fully saturated rings. The molecular weight excluding hydrogens is 369 g/mol. The van der Waals surface area contributed by atoms with Crippen LogP contribution in [-0.2, 0) is 0 Å². The van der Waals surface area contributed by atoms with Crippen molar-refractivity contribution in [2.24, 2.45) is 5.73 Å². The Morgan fingerprint density at radius 1 is 1.14 bits per heavy atom. The van der Waals surface area contributed by atoms with Crippen molar-refractivity contribution >= 4 is 16.7 Å². The summed E-state index contributed by atoms with van der Waals surface area (Å²) in [5.41, 5.74) is 9.66. The zero-order valence-electron chi connectivity index (χ0n) is 15.7. The van der Waals surface area contributed by atoms with Gasteiger partial charge in [-0.1, -0.05) is 6.07 Å². The predicted molar refractivity (Wildman–Crippen MR) is 110 cm³/mol. The Morgan fingerprint density at radius 2 is 2.07 bits per heavy atom. The van der Waals surface area contributed by atoms with Crippen LogP contribution in [0.25, 0.3) is 33.5 Å². The van der Waals surface area contributed by atoms with Gasteiger partial charge in [0.1, 0.15) is 17.3 Å². The van der Waals surface area contributed by atoms with Crippen molar-refractivity contribution in [3.8, 4) is 22.6 Å². The Kier molecular flexibility index (Phi) is 4.40. The second kappa shape index (κ2) is 7.21. The molecule has 0 spiro atoms. The van der Waals surface area contributed by atoms with Crippen LogP contribution in [0.15, 0.2) is 48.9 Å². The molecule has 29 heavy (non-hydrogen) atoms. The number of rotatable bonds is 3. The third-order valence-electron chi connectivity index (χ3n) is 5.21. The summed E-state index contributed by atoms with van der Waals surface area (Å²) in [4.78, 5) is 15.4. The molecule has 0 aromatic carbocycles. The Balaban J connectivity index is 1.55. The van der Waals surface area contributed by atoms with Crippen molar-refractivity contribution in [1.29, 1.82) is 0 Å². The average molecular weight is 389 g/mol. The second-order valence-corrected chi connectivity index (χ2v) is 7.31. The van der Waals surface area contributed by atoms with Crippen LogP contribution in [0.1, 0.15) is 12.8 Å². The first kappa shape index (κ1) is 17.7. The van der Waals surface area contributed by atoms with Gasteiger partial charge in [-0.05, 0) is 37.1 Å². The number of nitrogens with zero attached hydrogens (tertiary/aromatic N) is 5. The molecular formula is C21H20FN7. The smallest absolute Gasteiger partial charge is 0.142 e. The number of halogens is 1. The topological polar surface area (TPSA) is 96.6 Å². The maximum absolute atomic E-state index is 13.6. The highest BCUT2D eigenvalue weighted by Crippen LogP contribution is 2.29. The van der Waals surface area contributed by atoms with Crippen LogP contribution >= 0.6 is 0 Å². The lowest BCUT2D eigenvalue weighted by atomic mass is 10.1. The molecule has 7 nitrogen and oxygen atoms in total. The summed E-state index contributed by atoms with van der Waals surface area (Å²) in [5, 5.41) is 8.34. The average Bonchev–Trinajstić information content (AvgIpc) is 3.17. The third-order valence-corrected chi connectivity index (χ3v) is 5.21. The van der Waals surface area contributed by atoms with Gasteiger partial charge in [-0.3, -0.25) is 15.1 Å². The van der Waals surface area contributed by atoms with Crippen LogP contribution in [0, 0.1) is 5.82 Å². The summed E-state index contributed by atoms with van der Waals surface area (Å²) in [5.74, 6) is 0.503. The van der Waals surface area contributed by atoms with Crippen molar-refractivity contribution < 1.29 is 4.39 Å². The molecule has 1 aliphatic rings. The number of anilines is 1. The van der Waals surface area contributed by atoms with Gasteiger partial charge < -0.3 is 10.6 Å². The normalized spacial score (nSPS) is 17.0. The van der Waals surface area contributed by atoms with Crippen molar-refractivity contribution in [1.82, 2.24) is 25.1 Å². The molecule has 146 valence electrons. The first-order valence-electron chi connectivity index (χ1n) is 9.60.